The van der Waals surface area contributed by atoms with Gasteiger partial charge in [0.15, 0.2) is 0 Å². The largest absolute Gasteiger partial charge is 0.496 e. The Balaban J connectivity index is 1.58. The first-order valence-electron chi connectivity index (χ1n) is 9.13. The van der Waals surface area contributed by atoms with Crippen molar-refractivity contribution >= 4 is 5.91 Å². The number of amides is 1. The molecule has 0 aliphatic carbocycles. The maximum atomic E-state index is 13.1. The van der Waals surface area contributed by atoms with E-state index in [1.807, 2.05) is 47.5 Å². The Hall–Kier alpha value is -3.15. The molecule has 2 aromatic heterocycles. The molecule has 1 aliphatic heterocycles. The number of aromatic amines is 1. The number of para-hydroxylation sites is 1. The summed E-state index contributed by atoms with van der Waals surface area (Å²) >= 11 is 0. The van der Waals surface area contributed by atoms with Crippen LogP contribution in [0.3, 0.4) is 0 Å². The van der Waals surface area contributed by atoms with Crippen molar-refractivity contribution in [3.63, 3.8) is 0 Å². The topological polar surface area (TPSA) is 71.1 Å². The van der Waals surface area contributed by atoms with E-state index < -0.39 is 0 Å². The fraction of sp³-hybridized carbons (Fsp3) is 0.286. The minimum Gasteiger partial charge on any atom is -0.496 e. The van der Waals surface area contributed by atoms with Crippen LogP contribution in [0.2, 0.25) is 0 Å². The van der Waals surface area contributed by atoms with Gasteiger partial charge in [-0.2, -0.15) is 5.10 Å². The lowest BCUT2D eigenvalue weighted by atomic mass is 10.0. The van der Waals surface area contributed by atoms with E-state index in [1.54, 1.807) is 19.5 Å². The molecule has 1 saturated heterocycles. The van der Waals surface area contributed by atoms with Gasteiger partial charge in [-0.25, -0.2) is 0 Å². The molecule has 1 atom stereocenters. The molecule has 6 nitrogen and oxygen atoms in total. The number of carbonyl (C=O) groups is 1. The third-order valence-corrected chi connectivity index (χ3v) is 5.10. The summed E-state index contributed by atoms with van der Waals surface area (Å²) in [5.74, 6) is 0.859. The predicted molar refractivity (Wildman–Crippen MR) is 102 cm³/mol. The summed E-state index contributed by atoms with van der Waals surface area (Å²) in [5.41, 5.74) is 3.99. The fourth-order valence-corrected chi connectivity index (χ4v) is 3.79. The zero-order valence-electron chi connectivity index (χ0n) is 15.3. The molecule has 27 heavy (non-hydrogen) atoms. The van der Waals surface area contributed by atoms with E-state index in [-0.39, 0.29) is 11.9 Å². The van der Waals surface area contributed by atoms with Crippen molar-refractivity contribution in [1.82, 2.24) is 20.1 Å². The maximum absolute atomic E-state index is 13.1. The van der Waals surface area contributed by atoms with Gasteiger partial charge in [0.2, 0.25) is 5.91 Å². The number of nitrogens with zero attached hydrogens (tertiary/aromatic N) is 3. The molecule has 1 amide bonds. The average molecular weight is 362 g/mol. The molecule has 1 N–H and O–H groups in total. The summed E-state index contributed by atoms with van der Waals surface area (Å²) < 4.78 is 5.39. The van der Waals surface area contributed by atoms with Crippen molar-refractivity contribution < 1.29 is 9.53 Å². The van der Waals surface area contributed by atoms with Gasteiger partial charge in [-0.3, -0.25) is 14.9 Å². The quantitative estimate of drug-likeness (QED) is 0.755. The minimum atomic E-state index is 0.0119. The molecule has 0 saturated carbocycles. The Morgan fingerprint density at radius 1 is 1.26 bits per heavy atom. The number of aromatic nitrogens is 3. The van der Waals surface area contributed by atoms with Crippen LogP contribution in [0.5, 0.6) is 5.75 Å². The molecule has 1 aromatic carbocycles. The van der Waals surface area contributed by atoms with Gasteiger partial charge in [0.05, 0.1) is 31.5 Å². The van der Waals surface area contributed by atoms with Crippen LogP contribution in [0.15, 0.2) is 55.0 Å². The molecular formula is C21H22N4O2. The SMILES string of the molecule is COc1ccccc1CC(=O)N1CCC[C@H]1c1[nH]ncc1-c1ccncc1. The van der Waals surface area contributed by atoms with E-state index in [4.69, 9.17) is 4.74 Å². The molecule has 0 unspecified atom stereocenters. The van der Waals surface area contributed by atoms with Crippen molar-refractivity contribution in [2.75, 3.05) is 13.7 Å². The van der Waals surface area contributed by atoms with Gasteiger partial charge in [-0.15, -0.1) is 0 Å². The van der Waals surface area contributed by atoms with Crippen LogP contribution in [0.25, 0.3) is 11.1 Å². The molecule has 1 fully saturated rings. The van der Waals surface area contributed by atoms with Crippen molar-refractivity contribution in [3.8, 4) is 16.9 Å². The van der Waals surface area contributed by atoms with E-state index in [2.05, 4.69) is 15.2 Å². The molecule has 4 rings (SSSR count). The summed E-state index contributed by atoms with van der Waals surface area (Å²) in [4.78, 5) is 19.1. The highest BCUT2D eigenvalue weighted by Crippen LogP contribution is 2.36. The average Bonchev–Trinajstić information content (AvgIpc) is 3.38. The molecule has 0 spiro atoms. The van der Waals surface area contributed by atoms with Crippen molar-refractivity contribution in [2.45, 2.75) is 25.3 Å². The smallest absolute Gasteiger partial charge is 0.227 e. The van der Waals surface area contributed by atoms with Crippen LogP contribution >= 0.6 is 0 Å². The van der Waals surface area contributed by atoms with E-state index >= 15 is 0 Å². The molecule has 0 bridgehead atoms. The molecule has 0 radical (unpaired) electrons. The highest BCUT2D eigenvalue weighted by Gasteiger charge is 2.33. The van der Waals surface area contributed by atoms with E-state index in [0.29, 0.717) is 6.42 Å². The van der Waals surface area contributed by atoms with Gasteiger partial charge in [-0.1, -0.05) is 18.2 Å². The molecule has 3 heterocycles. The number of carbonyl (C=O) groups excluding carboxylic acids is 1. The number of rotatable bonds is 5. The second kappa shape index (κ2) is 7.61. The minimum absolute atomic E-state index is 0.0119. The number of hydrogen-bond donors (Lipinski definition) is 1. The molecule has 3 aromatic rings. The first kappa shape index (κ1) is 17.3. The predicted octanol–water partition coefficient (Wildman–Crippen LogP) is 3.39. The van der Waals surface area contributed by atoms with Crippen LogP contribution in [0.4, 0.5) is 0 Å². The number of benzene rings is 1. The normalized spacial score (nSPS) is 16.5. The van der Waals surface area contributed by atoms with Crippen LogP contribution in [0, 0.1) is 0 Å². The van der Waals surface area contributed by atoms with Crippen LogP contribution in [-0.4, -0.2) is 39.6 Å². The van der Waals surface area contributed by atoms with Gasteiger partial charge < -0.3 is 9.64 Å². The lowest BCUT2D eigenvalue weighted by Crippen LogP contribution is -2.32. The van der Waals surface area contributed by atoms with E-state index in [1.165, 1.54) is 0 Å². The monoisotopic (exact) mass is 362 g/mol. The Kier molecular flexibility index (Phi) is 4.87. The zero-order chi connectivity index (χ0) is 18.6. The lowest BCUT2D eigenvalue weighted by Gasteiger charge is -2.25. The Labute approximate surface area is 158 Å². The van der Waals surface area contributed by atoms with Gasteiger partial charge in [0.25, 0.3) is 0 Å². The number of likely N-dealkylation sites (tertiary alicyclic amines) is 1. The third-order valence-electron chi connectivity index (χ3n) is 5.10. The van der Waals surface area contributed by atoms with Gasteiger partial charge in [0.1, 0.15) is 5.75 Å². The maximum Gasteiger partial charge on any atom is 0.227 e. The van der Waals surface area contributed by atoms with Gasteiger partial charge >= 0.3 is 0 Å². The van der Waals surface area contributed by atoms with Crippen molar-refractivity contribution in [2.24, 2.45) is 0 Å². The van der Waals surface area contributed by atoms with Crippen LogP contribution in [-0.2, 0) is 11.2 Å². The first-order chi connectivity index (χ1) is 13.3. The Morgan fingerprint density at radius 2 is 2.07 bits per heavy atom. The summed E-state index contributed by atoms with van der Waals surface area (Å²) in [6, 6.07) is 11.6. The Bertz CT molecular complexity index is 923. The molecule has 1 aliphatic rings. The van der Waals surface area contributed by atoms with E-state index in [9.17, 15) is 4.79 Å². The van der Waals surface area contributed by atoms with Crippen molar-refractivity contribution in [1.29, 1.82) is 0 Å². The number of pyridine rings is 1. The Morgan fingerprint density at radius 3 is 2.89 bits per heavy atom. The summed E-state index contributed by atoms with van der Waals surface area (Å²) in [7, 11) is 1.63. The second-order valence-electron chi connectivity index (χ2n) is 6.67. The standard InChI is InChI=1S/C21H22N4O2/c1-27-19-7-3-2-5-16(19)13-20(26)25-12-4-6-18(25)21-17(14-23-24-21)15-8-10-22-11-9-15/h2-3,5,7-11,14,18H,4,6,12-13H2,1H3,(H,23,24)/t18-/m0/s1. The fourth-order valence-electron chi connectivity index (χ4n) is 3.79. The molecule has 6 heteroatoms. The van der Waals surface area contributed by atoms with Gasteiger partial charge in [0, 0.05) is 30.1 Å². The first-order valence-corrected chi connectivity index (χ1v) is 9.13. The van der Waals surface area contributed by atoms with Gasteiger partial charge in [-0.05, 0) is 36.6 Å². The van der Waals surface area contributed by atoms with Crippen LogP contribution < -0.4 is 4.74 Å². The van der Waals surface area contributed by atoms with E-state index in [0.717, 1.165) is 47.5 Å². The summed E-state index contributed by atoms with van der Waals surface area (Å²) in [6.45, 7) is 0.757. The highest BCUT2D eigenvalue weighted by molar-refractivity contribution is 5.80. The zero-order valence-corrected chi connectivity index (χ0v) is 15.3. The number of H-pyrrole nitrogens is 1. The number of methoxy groups -OCH3 is 1. The molecule has 138 valence electrons. The highest BCUT2D eigenvalue weighted by atomic mass is 16.5. The number of ether oxygens (including phenoxy) is 1. The van der Waals surface area contributed by atoms with Crippen LogP contribution in [0.1, 0.15) is 30.1 Å². The summed E-state index contributed by atoms with van der Waals surface area (Å²) in [6.07, 6.45) is 7.61. The number of nitrogens with one attached hydrogen (secondary N) is 1. The summed E-state index contributed by atoms with van der Waals surface area (Å²) in [5, 5.41) is 7.37. The lowest BCUT2D eigenvalue weighted by molar-refractivity contribution is -0.131. The van der Waals surface area contributed by atoms with Crippen molar-refractivity contribution in [3.05, 3.63) is 66.2 Å². The number of hydrogen-bond acceptors (Lipinski definition) is 4. The third kappa shape index (κ3) is 3.43. The second-order valence-corrected chi connectivity index (χ2v) is 6.67. The molecular weight excluding hydrogens is 340 g/mol.